The van der Waals surface area contributed by atoms with Crippen LogP contribution in [-0.4, -0.2) is 61.4 Å². The molecular weight excluding hydrogens is 647 g/mol. The number of aliphatic hydroxyl groups is 1. The number of aliphatic hydroxyl groups excluding tert-OH is 1. The van der Waals surface area contributed by atoms with E-state index in [-0.39, 0.29) is 18.5 Å². The van der Waals surface area contributed by atoms with Crippen LogP contribution in [0.5, 0.6) is 0 Å². The second-order valence-corrected chi connectivity index (χ2v) is 15.3. The maximum atomic E-state index is 12.4. The zero-order valence-corrected chi connectivity index (χ0v) is 35.1. The van der Waals surface area contributed by atoms with Crippen molar-refractivity contribution in [2.45, 2.75) is 220 Å². The summed E-state index contributed by atoms with van der Waals surface area (Å²) in [5, 5.41) is 9.26. The van der Waals surface area contributed by atoms with Crippen LogP contribution in [0.4, 0.5) is 0 Å². The summed E-state index contributed by atoms with van der Waals surface area (Å²) >= 11 is 0. The van der Waals surface area contributed by atoms with Crippen molar-refractivity contribution in [3.8, 4) is 0 Å². The largest absolute Gasteiger partial charge is 0.463 e. The molecule has 0 aromatic rings. The number of nitrogens with zero attached hydrogens (tertiary/aromatic N) is 1. The van der Waals surface area contributed by atoms with Gasteiger partial charge in [0.25, 0.3) is 0 Å². The number of carbonyl (C=O) groups is 2. The average molecular weight is 734 g/mol. The second-order valence-electron chi connectivity index (χ2n) is 15.3. The number of esters is 2. The molecule has 6 heteroatoms. The van der Waals surface area contributed by atoms with Crippen LogP contribution in [0.15, 0.2) is 23.3 Å². The Balaban J connectivity index is 4.10. The van der Waals surface area contributed by atoms with Crippen LogP contribution in [0, 0.1) is 0 Å². The van der Waals surface area contributed by atoms with Crippen LogP contribution in [0.2, 0.25) is 0 Å². The van der Waals surface area contributed by atoms with Gasteiger partial charge in [0.1, 0.15) is 0 Å². The van der Waals surface area contributed by atoms with Crippen molar-refractivity contribution in [2.75, 3.05) is 39.5 Å². The van der Waals surface area contributed by atoms with E-state index in [1.54, 1.807) is 12.2 Å². The maximum Gasteiger partial charge on any atom is 0.330 e. The number of ether oxygens (including phenoxy) is 2. The summed E-state index contributed by atoms with van der Waals surface area (Å²) < 4.78 is 11.1. The van der Waals surface area contributed by atoms with Crippen molar-refractivity contribution < 1.29 is 24.2 Å². The third kappa shape index (κ3) is 35.4. The predicted octanol–water partition coefficient (Wildman–Crippen LogP) is 13.0. The summed E-state index contributed by atoms with van der Waals surface area (Å²) in [6, 6.07) is 0. The van der Waals surface area contributed by atoms with Crippen molar-refractivity contribution in [3.05, 3.63) is 23.3 Å². The standard InChI is InChI=1S/C46H87NO5/c1-5-9-13-23-33-43(31-11-7-3)41-45(49)51-39-29-21-17-15-19-25-35-47(37-27-28-38-48)36-26-20-16-18-22-30-40-52-46(50)42-44(32-12-8-4)34-24-14-10-6-2/h41-42,48H,5-40H2,1-4H3/b43-41+,44-42+. The molecular formula is C46H87NO5. The van der Waals surface area contributed by atoms with Gasteiger partial charge in [0, 0.05) is 18.8 Å². The van der Waals surface area contributed by atoms with E-state index in [1.165, 1.54) is 114 Å². The number of allylic oxidation sites excluding steroid dienone is 2. The SMILES string of the molecule is CCCCCC/C(=C/C(=O)OCCCCCCCCN(CCCCO)CCCCCCCCOC(=O)/C=C(\CCCC)CCCCCC)CCCC. The molecule has 0 radical (unpaired) electrons. The van der Waals surface area contributed by atoms with Crippen molar-refractivity contribution in [1.29, 1.82) is 0 Å². The van der Waals surface area contributed by atoms with E-state index in [2.05, 4.69) is 32.6 Å². The molecule has 0 heterocycles. The Morgan fingerprint density at radius 3 is 1.13 bits per heavy atom. The van der Waals surface area contributed by atoms with Crippen molar-refractivity contribution >= 4 is 11.9 Å². The third-order valence-corrected chi connectivity index (χ3v) is 10.2. The molecule has 0 bridgehead atoms. The molecule has 6 nitrogen and oxygen atoms in total. The van der Waals surface area contributed by atoms with E-state index in [0.717, 1.165) is 110 Å². The summed E-state index contributed by atoms with van der Waals surface area (Å²) in [4.78, 5) is 27.4. The minimum absolute atomic E-state index is 0.145. The molecule has 0 aliphatic carbocycles. The van der Waals surface area contributed by atoms with Crippen molar-refractivity contribution in [2.24, 2.45) is 0 Å². The second kappa shape index (κ2) is 40.5. The Kier molecular flexibility index (Phi) is 39.2. The fourth-order valence-electron chi connectivity index (χ4n) is 6.74. The molecule has 0 aliphatic rings. The minimum Gasteiger partial charge on any atom is -0.463 e. The average Bonchev–Trinajstić information content (AvgIpc) is 3.14. The lowest BCUT2D eigenvalue weighted by Crippen LogP contribution is -2.27. The smallest absolute Gasteiger partial charge is 0.330 e. The lowest BCUT2D eigenvalue weighted by atomic mass is 10.0. The monoisotopic (exact) mass is 734 g/mol. The molecule has 0 aromatic carbocycles. The van der Waals surface area contributed by atoms with Crippen LogP contribution in [0.3, 0.4) is 0 Å². The summed E-state index contributed by atoms with van der Waals surface area (Å²) in [5.74, 6) is -0.290. The first-order chi connectivity index (χ1) is 25.5. The van der Waals surface area contributed by atoms with Gasteiger partial charge in [-0.2, -0.15) is 0 Å². The van der Waals surface area contributed by atoms with Gasteiger partial charge in [-0.1, -0.05) is 142 Å². The molecule has 1 N–H and O–H groups in total. The van der Waals surface area contributed by atoms with E-state index >= 15 is 0 Å². The fraction of sp³-hybridized carbons (Fsp3) is 0.870. The molecule has 52 heavy (non-hydrogen) atoms. The van der Waals surface area contributed by atoms with E-state index < -0.39 is 0 Å². The molecule has 306 valence electrons. The van der Waals surface area contributed by atoms with Crippen LogP contribution in [-0.2, 0) is 19.1 Å². The molecule has 0 saturated heterocycles. The lowest BCUT2D eigenvalue weighted by molar-refractivity contribution is -0.138. The Morgan fingerprint density at radius 2 is 0.750 bits per heavy atom. The quantitative estimate of drug-likeness (QED) is 0.0384. The van der Waals surface area contributed by atoms with Crippen molar-refractivity contribution in [3.63, 3.8) is 0 Å². The van der Waals surface area contributed by atoms with Crippen LogP contribution in [0.25, 0.3) is 0 Å². The van der Waals surface area contributed by atoms with Gasteiger partial charge in [-0.05, 0) is 110 Å². The molecule has 0 amide bonds. The number of rotatable bonds is 40. The molecule has 0 aliphatic heterocycles. The van der Waals surface area contributed by atoms with E-state index in [9.17, 15) is 14.7 Å². The summed E-state index contributed by atoms with van der Waals surface area (Å²) in [5.41, 5.74) is 2.54. The molecule has 0 rings (SSSR count). The zero-order chi connectivity index (χ0) is 38.2. The lowest BCUT2D eigenvalue weighted by Gasteiger charge is -2.22. The minimum atomic E-state index is -0.145. The molecule has 0 atom stereocenters. The Bertz CT molecular complexity index is 790. The maximum absolute atomic E-state index is 12.4. The number of hydrogen-bond acceptors (Lipinski definition) is 6. The highest BCUT2D eigenvalue weighted by Gasteiger charge is 2.07. The zero-order valence-electron chi connectivity index (χ0n) is 35.1. The predicted molar refractivity (Wildman–Crippen MR) is 223 cm³/mol. The Labute approximate surface area is 323 Å². The van der Waals surface area contributed by atoms with E-state index in [4.69, 9.17) is 9.47 Å². The van der Waals surface area contributed by atoms with Gasteiger partial charge in [-0.15, -0.1) is 0 Å². The summed E-state index contributed by atoms with van der Waals surface area (Å²) in [7, 11) is 0. The van der Waals surface area contributed by atoms with Gasteiger partial charge < -0.3 is 19.5 Å². The summed E-state index contributed by atoms with van der Waals surface area (Å²) in [6.45, 7) is 13.6. The first-order valence-electron chi connectivity index (χ1n) is 22.6. The first kappa shape index (κ1) is 50.3. The normalized spacial score (nSPS) is 12.2. The topological polar surface area (TPSA) is 76.1 Å². The van der Waals surface area contributed by atoms with Gasteiger partial charge in [0.05, 0.1) is 13.2 Å². The van der Waals surface area contributed by atoms with E-state index in [1.807, 2.05) is 0 Å². The molecule has 0 fully saturated rings. The molecule has 0 aromatic heterocycles. The van der Waals surface area contributed by atoms with Gasteiger partial charge in [-0.3, -0.25) is 0 Å². The number of carbonyl (C=O) groups excluding carboxylic acids is 2. The van der Waals surface area contributed by atoms with Gasteiger partial charge in [-0.25, -0.2) is 9.59 Å². The van der Waals surface area contributed by atoms with Crippen LogP contribution in [0.1, 0.15) is 220 Å². The van der Waals surface area contributed by atoms with Gasteiger partial charge in [0.15, 0.2) is 0 Å². The highest BCUT2D eigenvalue weighted by Crippen LogP contribution is 2.18. The summed E-state index contributed by atoms with van der Waals surface area (Å²) in [6.07, 6.45) is 38.1. The van der Waals surface area contributed by atoms with Gasteiger partial charge in [0.2, 0.25) is 0 Å². The van der Waals surface area contributed by atoms with E-state index in [0.29, 0.717) is 13.2 Å². The van der Waals surface area contributed by atoms with Crippen LogP contribution >= 0.6 is 0 Å². The third-order valence-electron chi connectivity index (χ3n) is 10.2. The van der Waals surface area contributed by atoms with Crippen LogP contribution < -0.4 is 0 Å². The molecule has 0 unspecified atom stereocenters. The van der Waals surface area contributed by atoms with Crippen molar-refractivity contribution in [1.82, 2.24) is 4.90 Å². The number of hydrogen-bond donors (Lipinski definition) is 1. The fourth-order valence-corrected chi connectivity index (χ4v) is 6.74. The molecule has 0 spiro atoms. The van der Waals surface area contributed by atoms with Gasteiger partial charge >= 0.3 is 11.9 Å². The highest BCUT2D eigenvalue weighted by atomic mass is 16.5. The molecule has 0 saturated carbocycles. The number of unbranched alkanes of at least 4 members (excludes halogenated alkanes) is 19. The first-order valence-corrected chi connectivity index (χ1v) is 22.6. The highest BCUT2D eigenvalue weighted by molar-refractivity contribution is 5.83. The Morgan fingerprint density at radius 1 is 0.423 bits per heavy atom. The Hall–Kier alpha value is -1.66.